The monoisotopic (exact) mass is 775 g/mol. The van der Waals surface area contributed by atoms with Gasteiger partial charge in [0.05, 0.1) is 19.1 Å². The van der Waals surface area contributed by atoms with Crippen molar-refractivity contribution in [1.29, 1.82) is 0 Å². The first-order valence-electron chi connectivity index (χ1n) is 19.5. The molecule has 3 unspecified atom stereocenters. The highest BCUT2D eigenvalue weighted by atomic mass is 32.1. The smallest absolute Gasteiger partial charge is 0.311 e. The molecule has 0 spiro atoms. The third-order valence-corrected chi connectivity index (χ3v) is 12.3. The summed E-state index contributed by atoms with van der Waals surface area (Å²) in [6.07, 6.45) is 3.22. The second-order valence-electron chi connectivity index (χ2n) is 15.5. The Kier molecular flexibility index (Phi) is 14.5. The number of piperidine rings is 1. The molecule has 298 valence electrons. The number of methoxy groups -OCH3 is 1. The normalized spacial score (nSPS) is 20.8. The zero-order valence-electron chi connectivity index (χ0n) is 32.9. The number of aliphatic hydroxyl groups is 1. The molecule has 1 aliphatic heterocycles. The van der Waals surface area contributed by atoms with Crippen molar-refractivity contribution in [1.82, 2.24) is 25.4 Å². The van der Waals surface area contributed by atoms with Gasteiger partial charge >= 0.3 is 5.97 Å². The minimum Gasteiger partial charge on any atom is -0.497 e. The number of hydrogen-bond acceptors (Lipinski definition) is 9. The topological polar surface area (TPSA) is 161 Å². The molecule has 3 aromatic rings. The Bertz CT molecular complexity index is 1780. The molecule has 0 saturated carbocycles. The fraction of sp³-hybridized carbons (Fsp3) is 0.548. The van der Waals surface area contributed by atoms with Gasteiger partial charge in [0.1, 0.15) is 28.6 Å². The van der Waals surface area contributed by atoms with E-state index in [0.717, 1.165) is 36.9 Å². The van der Waals surface area contributed by atoms with Gasteiger partial charge in [-0.1, -0.05) is 76.9 Å². The third kappa shape index (κ3) is 10.3. The number of nitrogens with zero attached hydrogens (tertiary/aromatic N) is 3. The first-order chi connectivity index (χ1) is 26.3. The van der Waals surface area contributed by atoms with E-state index in [-0.39, 0.29) is 48.2 Å². The Morgan fingerprint density at radius 1 is 1.09 bits per heavy atom. The highest BCUT2D eigenvalue weighted by Crippen LogP contribution is 2.35. The number of fused-ring (bicyclic) bond motifs is 1. The summed E-state index contributed by atoms with van der Waals surface area (Å²) in [5, 5.41) is 29.7. The van der Waals surface area contributed by atoms with Crippen LogP contribution in [-0.2, 0) is 27.3 Å². The van der Waals surface area contributed by atoms with Crippen LogP contribution in [0.5, 0.6) is 5.75 Å². The Morgan fingerprint density at radius 2 is 1.84 bits per heavy atom. The largest absolute Gasteiger partial charge is 0.497 e. The van der Waals surface area contributed by atoms with E-state index in [1.54, 1.807) is 17.5 Å². The number of aliphatic hydroxyl groups excluding tert-OH is 1. The predicted molar refractivity (Wildman–Crippen MR) is 212 cm³/mol. The second kappa shape index (κ2) is 19.0. The molecule has 1 aromatic heterocycles. The predicted octanol–water partition coefficient (Wildman–Crippen LogP) is 5.56. The fourth-order valence-electron chi connectivity index (χ4n) is 7.86. The van der Waals surface area contributed by atoms with E-state index in [9.17, 15) is 29.4 Å². The van der Waals surface area contributed by atoms with E-state index in [4.69, 9.17) is 4.74 Å². The molecule has 12 nitrogen and oxygen atoms in total. The maximum absolute atomic E-state index is 14.8. The van der Waals surface area contributed by atoms with Gasteiger partial charge in [-0.25, -0.2) is 4.98 Å². The summed E-state index contributed by atoms with van der Waals surface area (Å²) in [7, 11) is 3.49. The lowest BCUT2D eigenvalue weighted by molar-refractivity contribution is -0.143. The molecule has 2 heterocycles. The van der Waals surface area contributed by atoms with Crippen LogP contribution in [0.2, 0.25) is 0 Å². The van der Waals surface area contributed by atoms with Crippen LogP contribution in [0.4, 0.5) is 0 Å². The number of likely N-dealkylation sites (tertiary alicyclic amines) is 1. The van der Waals surface area contributed by atoms with Crippen LogP contribution in [0.25, 0.3) is 0 Å². The first-order valence-corrected chi connectivity index (χ1v) is 20.4. The van der Waals surface area contributed by atoms with Crippen molar-refractivity contribution in [2.75, 3.05) is 20.7 Å². The van der Waals surface area contributed by atoms with Crippen molar-refractivity contribution in [3.63, 3.8) is 0 Å². The molecule has 13 heteroatoms. The molecular weight excluding hydrogens is 719 g/mol. The zero-order valence-corrected chi connectivity index (χ0v) is 33.7. The third-order valence-electron chi connectivity index (χ3n) is 11.4. The summed E-state index contributed by atoms with van der Waals surface area (Å²) in [6, 6.07) is 13.2. The summed E-state index contributed by atoms with van der Waals surface area (Å²) < 4.78 is 5.30. The molecule has 7 atom stereocenters. The number of carboxylic acids is 1. The minimum atomic E-state index is -1.08. The summed E-state index contributed by atoms with van der Waals surface area (Å²) in [5.74, 6) is -2.16. The van der Waals surface area contributed by atoms with Crippen molar-refractivity contribution in [3.05, 3.63) is 81.3 Å². The van der Waals surface area contributed by atoms with Crippen LogP contribution in [0.1, 0.15) is 110 Å². The molecule has 2 aliphatic rings. The lowest BCUT2D eigenvalue weighted by atomic mass is 9.80. The molecule has 1 aliphatic carbocycles. The van der Waals surface area contributed by atoms with Gasteiger partial charge in [-0.3, -0.25) is 24.1 Å². The Balaban J connectivity index is 1.33. The van der Waals surface area contributed by atoms with Gasteiger partial charge in [0.15, 0.2) is 0 Å². The molecule has 4 N–H and O–H groups in total. The number of carbonyl (C=O) groups excluding carboxylic acids is 3. The SMILES string of the molecule is CCC(C)C(NC(=O)C1CCCCN1C)C(=O)N(Cc1ccccc1)[C@H](C[C@@H](O)c1nc(C(=O)N[C@H]2Cc3ccc(OC)cc3[C@H](C(=O)O)C2)cs1)C(C)C. The minimum absolute atomic E-state index is 0.0702. The summed E-state index contributed by atoms with van der Waals surface area (Å²) in [4.78, 5) is 62.5. The van der Waals surface area contributed by atoms with E-state index in [0.29, 0.717) is 35.7 Å². The van der Waals surface area contributed by atoms with E-state index >= 15 is 0 Å². The van der Waals surface area contributed by atoms with Gasteiger partial charge in [-0.05, 0) is 79.9 Å². The van der Waals surface area contributed by atoms with Crippen LogP contribution in [0.15, 0.2) is 53.9 Å². The highest BCUT2D eigenvalue weighted by Gasteiger charge is 2.38. The quantitative estimate of drug-likeness (QED) is 0.146. The highest BCUT2D eigenvalue weighted by molar-refractivity contribution is 7.09. The summed E-state index contributed by atoms with van der Waals surface area (Å²) in [5.41, 5.74) is 2.59. The number of carbonyl (C=O) groups is 4. The first kappa shape index (κ1) is 41.8. The van der Waals surface area contributed by atoms with E-state index in [2.05, 4.69) is 20.5 Å². The number of amides is 3. The molecule has 1 fully saturated rings. The maximum Gasteiger partial charge on any atom is 0.311 e. The number of ether oxygens (including phenoxy) is 1. The number of aliphatic carboxylic acids is 1. The Labute approximate surface area is 328 Å². The number of benzene rings is 2. The van der Waals surface area contributed by atoms with Gasteiger partial charge in [-0.2, -0.15) is 0 Å². The van der Waals surface area contributed by atoms with Gasteiger partial charge < -0.3 is 30.5 Å². The van der Waals surface area contributed by atoms with Crippen LogP contribution in [0, 0.1) is 11.8 Å². The van der Waals surface area contributed by atoms with E-state index in [1.165, 1.54) is 18.4 Å². The molecule has 0 radical (unpaired) electrons. The molecule has 3 amide bonds. The van der Waals surface area contributed by atoms with Crippen LogP contribution in [-0.4, -0.2) is 93.6 Å². The molecule has 55 heavy (non-hydrogen) atoms. The van der Waals surface area contributed by atoms with Gasteiger partial charge in [-0.15, -0.1) is 11.3 Å². The lowest BCUT2D eigenvalue weighted by Crippen LogP contribution is -2.58. The molecular formula is C42H57N5O7S. The molecule has 2 aromatic carbocycles. The van der Waals surface area contributed by atoms with E-state index < -0.39 is 42.0 Å². The van der Waals surface area contributed by atoms with Crippen molar-refractivity contribution < 1.29 is 34.1 Å². The number of likely N-dealkylation sites (N-methyl/N-ethyl adjacent to an activating group) is 1. The average molecular weight is 776 g/mol. The second-order valence-corrected chi connectivity index (χ2v) is 16.4. The number of carboxylic acid groups (broad SMARTS) is 1. The van der Waals surface area contributed by atoms with Crippen LogP contribution >= 0.6 is 11.3 Å². The Morgan fingerprint density at radius 3 is 2.49 bits per heavy atom. The Hall–Kier alpha value is -4.33. The van der Waals surface area contributed by atoms with Crippen molar-refractivity contribution >= 4 is 35.0 Å². The summed E-state index contributed by atoms with van der Waals surface area (Å²) >= 11 is 1.17. The number of nitrogens with one attached hydrogen (secondary N) is 2. The zero-order chi connectivity index (χ0) is 39.8. The van der Waals surface area contributed by atoms with E-state index in [1.807, 2.05) is 76.0 Å². The molecule has 5 rings (SSSR count). The standard InChI is InChI=1S/C42H57N5O7S/c1-7-26(4)37(45-39(50)34-15-11-12-18-46(34)5)41(51)47(23-27-13-9-8-10-14-27)35(25(2)3)22-36(48)40-44-33(24-55-40)38(49)43-29-19-28-16-17-30(54-6)21-31(28)32(20-29)42(52)53/h8-10,13-14,16-17,21,24-26,29,32,34-37,48H,7,11-12,15,18-20,22-23H2,1-6H3,(H,43,49)(H,45,50)(H,52,53)/t26?,29-,32+,34?,35+,36+,37?/m0/s1. The molecule has 1 saturated heterocycles. The molecule has 0 bridgehead atoms. The maximum atomic E-state index is 14.8. The van der Waals surface area contributed by atoms with Crippen LogP contribution < -0.4 is 15.4 Å². The summed E-state index contributed by atoms with van der Waals surface area (Å²) in [6.45, 7) is 9.16. The number of thiazole rings is 1. The van der Waals surface area contributed by atoms with Crippen molar-refractivity contribution in [2.45, 2.75) is 115 Å². The number of hydrogen-bond donors (Lipinski definition) is 4. The number of aromatic nitrogens is 1. The van der Waals surface area contributed by atoms with Gasteiger partial charge in [0.2, 0.25) is 11.8 Å². The number of rotatable bonds is 16. The van der Waals surface area contributed by atoms with Crippen LogP contribution in [0.3, 0.4) is 0 Å². The average Bonchev–Trinajstić information content (AvgIpc) is 3.68. The fourth-order valence-corrected chi connectivity index (χ4v) is 8.66. The van der Waals surface area contributed by atoms with Crippen molar-refractivity contribution in [3.8, 4) is 5.75 Å². The van der Waals surface area contributed by atoms with Crippen molar-refractivity contribution in [2.24, 2.45) is 11.8 Å². The lowest BCUT2D eigenvalue weighted by Gasteiger charge is -2.40. The van der Waals surface area contributed by atoms with Gasteiger partial charge in [0, 0.05) is 30.4 Å². The van der Waals surface area contributed by atoms with Gasteiger partial charge in [0.25, 0.3) is 5.91 Å².